The van der Waals surface area contributed by atoms with E-state index in [1.54, 1.807) is 0 Å². The third-order valence-electron chi connectivity index (χ3n) is 7.78. The van der Waals surface area contributed by atoms with E-state index in [4.69, 9.17) is 0 Å². The molecular weight excluding hydrogens is 292 g/mol. The Kier molecular flexibility index (Phi) is 4.32. The summed E-state index contributed by atoms with van der Waals surface area (Å²) in [6.07, 6.45) is 6.62. The molecule has 3 saturated carbocycles. The lowest BCUT2D eigenvalue weighted by atomic mass is 9.42. The number of allylic oxidation sites excluding steroid dienone is 1. The van der Waals surface area contributed by atoms with Gasteiger partial charge in [-0.15, -0.1) is 0 Å². The fourth-order valence-corrected chi connectivity index (χ4v) is 6.59. The molecule has 0 saturated heterocycles. The summed E-state index contributed by atoms with van der Waals surface area (Å²) >= 11 is 0. The summed E-state index contributed by atoms with van der Waals surface area (Å²) in [5.74, 6) is 3.27. The van der Waals surface area contributed by atoms with Crippen molar-refractivity contribution in [3.05, 3.63) is 12.2 Å². The predicted molar refractivity (Wildman–Crippen MR) is 96.6 cm³/mol. The first-order valence-corrected chi connectivity index (χ1v) is 9.76. The maximum absolute atomic E-state index is 10.2. The SMILES string of the molecule is C=C1CCC2(C#N)C3C(CC[C@H]2C)[C@H](C)C[C@H](CC(C)(C)C#N)[C@@H]13. The van der Waals surface area contributed by atoms with Crippen LogP contribution in [0.15, 0.2) is 12.2 Å². The average Bonchev–Trinajstić information content (AvgIpc) is 2.54. The maximum atomic E-state index is 10.2. The molecule has 0 amide bonds. The van der Waals surface area contributed by atoms with Crippen LogP contribution in [-0.2, 0) is 0 Å². The number of rotatable bonds is 2. The molecule has 7 atom stereocenters. The van der Waals surface area contributed by atoms with Gasteiger partial charge in [0.25, 0.3) is 0 Å². The third kappa shape index (κ3) is 2.50. The standard InChI is InChI=1S/C22H32N2/c1-14-8-9-22(13-24)16(3)6-7-18-15(2)10-17(19(14)20(18)22)11-21(4,5)12-23/h15-20H,1,6-11H2,2-5H3/t15-,16-,17-,18?,19-,20?,22?/m1/s1. The zero-order chi connectivity index (χ0) is 17.7. The van der Waals surface area contributed by atoms with Crippen molar-refractivity contribution in [1.29, 1.82) is 10.5 Å². The van der Waals surface area contributed by atoms with E-state index >= 15 is 0 Å². The largest absolute Gasteiger partial charge is 0.198 e. The second-order valence-corrected chi connectivity index (χ2v) is 9.68. The zero-order valence-electron chi connectivity index (χ0n) is 15.8. The minimum Gasteiger partial charge on any atom is -0.198 e. The Morgan fingerprint density at radius 3 is 2.58 bits per heavy atom. The van der Waals surface area contributed by atoms with Crippen molar-refractivity contribution >= 4 is 0 Å². The molecule has 3 rings (SSSR count). The van der Waals surface area contributed by atoms with E-state index in [1.165, 1.54) is 24.8 Å². The summed E-state index contributed by atoms with van der Waals surface area (Å²) in [5, 5.41) is 19.7. The number of hydrogen-bond donors (Lipinski definition) is 0. The van der Waals surface area contributed by atoms with Gasteiger partial charge in [0.2, 0.25) is 0 Å². The number of hydrogen-bond acceptors (Lipinski definition) is 2. The van der Waals surface area contributed by atoms with Gasteiger partial charge in [0.1, 0.15) is 0 Å². The molecule has 0 bridgehead atoms. The van der Waals surface area contributed by atoms with Crippen LogP contribution in [0, 0.1) is 69.0 Å². The van der Waals surface area contributed by atoms with Crippen molar-refractivity contribution in [2.45, 2.75) is 66.2 Å². The molecule has 3 aliphatic carbocycles. The quantitative estimate of drug-likeness (QED) is 0.610. The van der Waals surface area contributed by atoms with Crippen LogP contribution in [0.2, 0.25) is 0 Å². The fraction of sp³-hybridized carbons (Fsp3) is 0.818. The molecule has 3 aliphatic rings. The van der Waals surface area contributed by atoms with E-state index in [2.05, 4.69) is 46.4 Å². The first-order chi connectivity index (χ1) is 11.3. The Morgan fingerprint density at radius 2 is 1.96 bits per heavy atom. The predicted octanol–water partition coefficient (Wildman–Crippen LogP) is 5.72. The Hall–Kier alpha value is -1.28. The molecule has 2 nitrogen and oxygen atoms in total. The number of nitriles is 2. The van der Waals surface area contributed by atoms with Crippen LogP contribution in [0.5, 0.6) is 0 Å². The summed E-state index contributed by atoms with van der Waals surface area (Å²) in [4.78, 5) is 0. The van der Waals surface area contributed by atoms with Crippen LogP contribution >= 0.6 is 0 Å². The van der Waals surface area contributed by atoms with Gasteiger partial charge in [0, 0.05) is 0 Å². The minimum absolute atomic E-state index is 0.154. The first kappa shape index (κ1) is 17.5. The molecule has 0 aromatic rings. The summed E-state index contributed by atoms with van der Waals surface area (Å²) < 4.78 is 0. The molecule has 0 heterocycles. The van der Waals surface area contributed by atoms with Crippen LogP contribution in [0.3, 0.4) is 0 Å². The van der Waals surface area contributed by atoms with Gasteiger partial charge in [0.05, 0.1) is 23.0 Å². The van der Waals surface area contributed by atoms with Gasteiger partial charge >= 0.3 is 0 Å². The van der Waals surface area contributed by atoms with Crippen molar-refractivity contribution in [3.8, 4) is 12.1 Å². The Bertz CT molecular complexity index is 604. The molecular formula is C22H32N2. The summed E-state index contributed by atoms with van der Waals surface area (Å²) in [6.45, 7) is 13.3. The first-order valence-electron chi connectivity index (χ1n) is 9.76. The zero-order valence-corrected chi connectivity index (χ0v) is 15.8. The van der Waals surface area contributed by atoms with E-state index in [-0.39, 0.29) is 10.8 Å². The lowest BCUT2D eigenvalue weighted by Crippen LogP contribution is -2.56. The van der Waals surface area contributed by atoms with Crippen molar-refractivity contribution < 1.29 is 0 Å². The minimum atomic E-state index is -0.287. The highest BCUT2D eigenvalue weighted by atomic mass is 14.6. The van der Waals surface area contributed by atoms with Gasteiger partial charge < -0.3 is 0 Å². The molecule has 0 aliphatic heterocycles. The van der Waals surface area contributed by atoms with Crippen LogP contribution in [-0.4, -0.2) is 0 Å². The number of nitrogens with zero attached hydrogens (tertiary/aromatic N) is 2. The van der Waals surface area contributed by atoms with Crippen LogP contribution < -0.4 is 0 Å². The lowest BCUT2D eigenvalue weighted by Gasteiger charge is -2.61. The highest BCUT2D eigenvalue weighted by Crippen LogP contribution is 2.65. The van der Waals surface area contributed by atoms with E-state index in [0.717, 1.165) is 19.3 Å². The molecule has 130 valence electrons. The molecule has 0 radical (unpaired) electrons. The highest BCUT2D eigenvalue weighted by molar-refractivity contribution is 5.24. The van der Waals surface area contributed by atoms with Gasteiger partial charge in [-0.3, -0.25) is 0 Å². The summed E-state index contributed by atoms with van der Waals surface area (Å²) in [6, 6.07) is 5.33. The van der Waals surface area contributed by atoms with E-state index in [9.17, 15) is 10.5 Å². The van der Waals surface area contributed by atoms with Crippen molar-refractivity contribution in [2.24, 2.45) is 46.3 Å². The molecule has 3 fully saturated rings. The fourth-order valence-electron chi connectivity index (χ4n) is 6.59. The summed E-state index contributed by atoms with van der Waals surface area (Å²) in [7, 11) is 0. The normalized spacial score (nSPS) is 45.0. The Labute approximate surface area is 147 Å². The van der Waals surface area contributed by atoms with E-state index in [1.807, 2.05) is 0 Å². The van der Waals surface area contributed by atoms with Crippen molar-refractivity contribution in [2.75, 3.05) is 0 Å². The van der Waals surface area contributed by atoms with Crippen LogP contribution in [0.4, 0.5) is 0 Å². The second kappa shape index (κ2) is 5.91. The summed E-state index contributed by atoms with van der Waals surface area (Å²) in [5.41, 5.74) is 0.929. The van der Waals surface area contributed by atoms with Gasteiger partial charge in [-0.25, -0.2) is 0 Å². The second-order valence-electron chi connectivity index (χ2n) is 9.68. The van der Waals surface area contributed by atoms with Gasteiger partial charge in [-0.2, -0.15) is 10.5 Å². The molecule has 2 heteroatoms. The van der Waals surface area contributed by atoms with Gasteiger partial charge in [-0.1, -0.05) is 26.0 Å². The topological polar surface area (TPSA) is 47.6 Å². The van der Waals surface area contributed by atoms with Crippen molar-refractivity contribution in [3.63, 3.8) is 0 Å². The van der Waals surface area contributed by atoms with E-state index < -0.39 is 0 Å². The molecule has 0 N–H and O–H groups in total. The van der Waals surface area contributed by atoms with Crippen LogP contribution in [0.1, 0.15) is 66.2 Å². The van der Waals surface area contributed by atoms with Gasteiger partial charge in [-0.05, 0) is 87.9 Å². The lowest BCUT2D eigenvalue weighted by molar-refractivity contribution is -0.0908. The molecule has 24 heavy (non-hydrogen) atoms. The van der Waals surface area contributed by atoms with Gasteiger partial charge in [0.15, 0.2) is 0 Å². The van der Waals surface area contributed by atoms with E-state index in [0.29, 0.717) is 35.5 Å². The molecule has 3 unspecified atom stereocenters. The molecule has 0 aromatic carbocycles. The van der Waals surface area contributed by atoms with Crippen LogP contribution in [0.25, 0.3) is 0 Å². The molecule has 0 aromatic heterocycles. The Morgan fingerprint density at radius 1 is 1.25 bits per heavy atom. The average molecular weight is 325 g/mol. The monoisotopic (exact) mass is 324 g/mol. The molecule has 0 spiro atoms. The Balaban J connectivity index is 2.03. The third-order valence-corrected chi connectivity index (χ3v) is 7.78. The maximum Gasteiger partial charge on any atom is 0.0695 e. The highest BCUT2D eigenvalue weighted by Gasteiger charge is 2.60. The smallest absolute Gasteiger partial charge is 0.0695 e. The van der Waals surface area contributed by atoms with Crippen molar-refractivity contribution in [1.82, 2.24) is 0 Å².